The van der Waals surface area contributed by atoms with Crippen molar-refractivity contribution in [2.24, 2.45) is 5.92 Å². The molecule has 1 aromatic heterocycles. The number of hydrogen-bond donors (Lipinski definition) is 0. The molecule has 118 valence electrons. The van der Waals surface area contributed by atoms with Gasteiger partial charge in [-0.25, -0.2) is 9.97 Å². The number of halogens is 1. The minimum absolute atomic E-state index is 0.0317. The van der Waals surface area contributed by atoms with E-state index in [-0.39, 0.29) is 17.9 Å². The van der Waals surface area contributed by atoms with Gasteiger partial charge in [-0.2, -0.15) is 0 Å². The molecule has 0 N–H and O–H groups in total. The molecule has 0 aliphatic carbocycles. The summed E-state index contributed by atoms with van der Waals surface area (Å²) in [4.78, 5) is 23.0. The predicted octanol–water partition coefficient (Wildman–Crippen LogP) is 4.19. The smallest absolute Gasteiger partial charge is 0.232 e. The molecule has 2 aromatic rings. The summed E-state index contributed by atoms with van der Waals surface area (Å²) in [5, 5.41) is 0.689. The largest absolute Gasteiger partial charge is 0.289 e. The highest BCUT2D eigenvalue weighted by atomic mass is 35.5. The van der Waals surface area contributed by atoms with Gasteiger partial charge in [0.25, 0.3) is 0 Å². The molecule has 3 rings (SSSR count). The molecule has 1 aliphatic heterocycles. The van der Waals surface area contributed by atoms with Crippen molar-refractivity contribution in [3.63, 3.8) is 0 Å². The molecule has 0 radical (unpaired) electrons. The lowest BCUT2D eigenvalue weighted by molar-refractivity contribution is -0.124. The van der Waals surface area contributed by atoms with E-state index in [1.165, 1.54) is 6.33 Å². The minimum Gasteiger partial charge on any atom is -0.289 e. The topological polar surface area (TPSA) is 46.1 Å². The fraction of sp³-hybridized carbons (Fsp3) is 0.278. The van der Waals surface area contributed by atoms with Crippen LogP contribution in [-0.4, -0.2) is 15.9 Å². The van der Waals surface area contributed by atoms with Crippen LogP contribution < -0.4 is 4.90 Å². The Morgan fingerprint density at radius 1 is 1.26 bits per heavy atom. The van der Waals surface area contributed by atoms with Crippen LogP contribution in [0, 0.1) is 5.92 Å². The molecule has 5 heteroatoms. The van der Waals surface area contributed by atoms with Gasteiger partial charge in [-0.15, -0.1) is 6.58 Å². The summed E-state index contributed by atoms with van der Waals surface area (Å²) in [5.74, 6) is 0.694. The number of nitrogens with zero attached hydrogens (tertiary/aromatic N) is 3. The zero-order chi connectivity index (χ0) is 16.2. The standard InChI is InChI=1S/C18H18ClN3O/c1-2-3-14-6-9-16(13-4-7-15(19)8-5-13)22(18(14)23)17-10-11-20-12-21-17/h2,4-5,7-8,10-12,14,16H,1,3,6,9H2/t14?,16-/m0/s1. The van der Waals surface area contributed by atoms with Crippen molar-refractivity contribution in [1.29, 1.82) is 0 Å². The Kier molecular flexibility index (Phi) is 4.72. The number of hydrogen-bond acceptors (Lipinski definition) is 3. The number of carbonyl (C=O) groups is 1. The molecule has 23 heavy (non-hydrogen) atoms. The van der Waals surface area contributed by atoms with Crippen LogP contribution >= 0.6 is 11.6 Å². The Morgan fingerprint density at radius 3 is 2.70 bits per heavy atom. The Balaban J connectivity index is 1.98. The zero-order valence-corrected chi connectivity index (χ0v) is 13.5. The van der Waals surface area contributed by atoms with Gasteiger partial charge in [0, 0.05) is 17.1 Å². The molecule has 1 aromatic carbocycles. The Labute approximate surface area is 140 Å². The Hall–Kier alpha value is -2.20. The van der Waals surface area contributed by atoms with Crippen LogP contribution in [-0.2, 0) is 4.79 Å². The molecular weight excluding hydrogens is 310 g/mol. The lowest BCUT2D eigenvalue weighted by Crippen LogP contribution is -2.44. The van der Waals surface area contributed by atoms with E-state index in [0.717, 1.165) is 18.4 Å². The van der Waals surface area contributed by atoms with Crippen molar-refractivity contribution in [3.8, 4) is 0 Å². The number of anilines is 1. The molecule has 1 saturated heterocycles. The molecule has 2 heterocycles. The summed E-state index contributed by atoms with van der Waals surface area (Å²) in [6.45, 7) is 3.76. The zero-order valence-electron chi connectivity index (χ0n) is 12.7. The molecule has 0 saturated carbocycles. The lowest BCUT2D eigenvalue weighted by atomic mass is 9.86. The fourth-order valence-corrected chi connectivity index (χ4v) is 3.21. The van der Waals surface area contributed by atoms with E-state index >= 15 is 0 Å². The first kappa shape index (κ1) is 15.7. The monoisotopic (exact) mass is 327 g/mol. The summed E-state index contributed by atoms with van der Waals surface area (Å²) in [5.41, 5.74) is 1.07. The third-order valence-corrected chi connectivity index (χ3v) is 4.46. The van der Waals surface area contributed by atoms with Gasteiger partial charge in [0.15, 0.2) is 0 Å². The van der Waals surface area contributed by atoms with Gasteiger partial charge in [0.2, 0.25) is 5.91 Å². The highest BCUT2D eigenvalue weighted by Crippen LogP contribution is 2.38. The van der Waals surface area contributed by atoms with Gasteiger partial charge < -0.3 is 0 Å². The average Bonchev–Trinajstić information content (AvgIpc) is 2.58. The first-order valence-corrected chi connectivity index (χ1v) is 8.04. The van der Waals surface area contributed by atoms with Crippen molar-refractivity contribution < 1.29 is 4.79 Å². The molecular formula is C18H18ClN3O. The molecule has 4 nitrogen and oxygen atoms in total. The number of allylic oxidation sites excluding steroid dienone is 1. The first-order chi connectivity index (χ1) is 11.2. The summed E-state index contributed by atoms with van der Waals surface area (Å²) in [6, 6.07) is 9.41. The van der Waals surface area contributed by atoms with Crippen molar-refractivity contribution in [2.75, 3.05) is 4.90 Å². The number of amides is 1. The first-order valence-electron chi connectivity index (χ1n) is 7.66. The highest BCUT2D eigenvalue weighted by Gasteiger charge is 2.36. The number of aromatic nitrogens is 2. The van der Waals surface area contributed by atoms with E-state index in [2.05, 4.69) is 16.5 Å². The van der Waals surface area contributed by atoms with Crippen molar-refractivity contribution in [2.45, 2.75) is 25.3 Å². The Bertz CT molecular complexity index is 687. The maximum absolute atomic E-state index is 13.0. The van der Waals surface area contributed by atoms with Crippen molar-refractivity contribution in [1.82, 2.24) is 9.97 Å². The number of piperidine rings is 1. The second-order valence-electron chi connectivity index (χ2n) is 5.64. The average molecular weight is 328 g/mol. The third-order valence-electron chi connectivity index (χ3n) is 4.21. The molecule has 1 aliphatic rings. The van der Waals surface area contributed by atoms with Crippen LogP contribution in [0.15, 0.2) is 55.5 Å². The maximum atomic E-state index is 13.0. The summed E-state index contributed by atoms with van der Waals surface area (Å²) < 4.78 is 0. The maximum Gasteiger partial charge on any atom is 0.232 e. The van der Waals surface area contributed by atoms with E-state index in [4.69, 9.17) is 11.6 Å². The molecule has 2 atom stereocenters. The molecule has 1 fully saturated rings. The normalized spacial score (nSPS) is 21.3. The second-order valence-corrected chi connectivity index (χ2v) is 6.08. The van der Waals surface area contributed by atoms with Crippen LogP contribution in [0.5, 0.6) is 0 Å². The van der Waals surface area contributed by atoms with Crippen LogP contribution in [0.1, 0.15) is 30.9 Å². The predicted molar refractivity (Wildman–Crippen MR) is 91.2 cm³/mol. The van der Waals surface area contributed by atoms with E-state index in [1.54, 1.807) is 17.2 Å². The SMILES string of the molecule is C=CCC1CC[C@@H](c2ccc(Cl)cc2)N(c2ccncn2)C1=O. The number of carbonyl (C=O) groups excluding carboxylic acids is 1. The fourth-order valence-electron chi connectivity index (χ4n) is 3.08. The molecule has 0 spiro atoms. The van der Waals surface area contributed by atoms with Gasteiger partial charge in [0.05, 0.1) is 6.04 Å². The van der Waals surface area contributed by atoms with Crippen molar-refractivity contribution >= 4 is 23.3 Å². The second kappa shape index (κ2) is 6.92. The summed E-state index contributed by atoms with van der Waals surface area (Å²) >= 11 is 5.98. The minimum atomic E-state index is -0.0361. The van der Waals surface area contributed by atoms with Gasteiger partial charge in [-0.3, -0.25) is 9.69 Å². The van der Waals surface area contributed by atoms with Gasteiger partial charge >= 0.3 is 0 Å². The molecule has 0 bridgehead atoms. The van der Waals surface area contributed by atoms with E-state index in [1.807, 2.05) is 30.3 Å². The Morgan fingerprint density at radius 2 is 2.04 bits per heavy atom. The lowest BCUT2D eigenvalue weighted by Gasteiger charge is -2.38. The van der Waals surface area contributed by atoms with E-state index < -0.39 is 0 Å². The summed E-state index contributed by atoms with van der Waals surface area (Å²) in [7, 11) is 0. The highest BCUT2D eigenvalue weighted by molar-refractivity contribution is 6.30. The van der Waals surface area contributed by atoms with Crippen molar-refractivity contribution in [3.05, 3.63) is 66.1 Å². The number of rotatable bonds is 4. The van der Waals surface area contributed by atoms with Crippen LogP contribution in [0.3, 0.4) is 0 Å². The number of benzene rings is 1. The van der Waals surface area contributed by atoms with Crippen LogP contribution in [0.2, 0.25) is 5.02 Å². The molecule has 1 unspecified atom stereocenters. The third kappa shape index (κ3) is 3.27. The van der Waals surface area contributed by atoms with Gasteiger partial charge in [0.1, 0.15) is 12.1 Å². The van der Waals surface area contributed by atoms with E-state index in [9.17, 15) is 4.79 Å². The molecule has 1 amide bonds. The van der Waals surface area contributed by atoms with Crippen LogP contribution in [0.25, 0.3) is 0 Å². The van der Waals surface area contributed by atoms with Crippen LogP contribution in [0.4, 0.5) is 5.82 Å². The van der Waals surface area contributed by atoms with E-state index in [0.29, 0.717) is 17.3 Å². The summed E-state index contributed by atoms with van der Waals surface area (Å²) in [6.07, 6.45) is 7.36. The van der Waals surface area contributed by atoms with Gasteiger partial charge in [-0.1, -0.05) is 29.8 Å². The van der Waals surface area contributed by atoms with Gasteiger partial charge in [-0.05, 0) is 43.0 Å². The quantitative estimate of drug-likeness (QED) is 0.791.